The first kappa shape index (κ1) is 17.6. The van der Waals surface area contributed by atoms with Crippen molar-refractivity contribution in [3.63, 3.8) is 0 Å². The molecule has 1 aliphatic rings. The van der Waals surface area contributed by atoms with Gasteiger partial charge in [0.05, 0.1) is 6.04 Å². The number of hydrogen-bond acceptors (Lipinski definition) is 5. The second kappa shape index (κ2) is 6.62. The van der Waals surface area contributed by atoms with E-state index in [-0.39, 0.29) is 10.8 Å². The number of sulfonamides is 1. The van der Waals surface area contributed by atoms with Gasteiger partial charge in [0.15, 0.2) is 0 Å². The lowest BCUT2D eigenvalue weighted by molar-refractivity contribution is 0.0955. The summed E-state index contributed by atoms with van der Waals surface area (Å²) in [5.74, 6) is 0.350. The van der Waals surface area contributed by atoms with Crippen LogP contribution >= 0.6 is 0 Å². The summed E-state index contributed by atoms with van der Waals surface area (Å²) in [6.45, 7) is 1.39. The summed E-state index contributed by atoms with van der Waals surface area (Å²) in [4.78, 5) is 16.3. The average Bonchev–Trinajstić information content (AvgIpc) is 3.20. The van der Waals surface area contributed by atoms with Crippen molar-refractivity contribution in [1.29, 1.82) is 0 Å². The second-order valence-corrected chi connectivity index (χ2v) is 7.87. The van der Waals surface area contributed by atoms with Crippen LogP contribution in [0.5, 0.6) is 0 Å². The third-order valence-electron chi connectivity index (χ3n) is 4.40. The summed E-state index contributed by atoms with van der Waals surface area (Å²) in [6, 6.07) is 1.01. The Labute approximate surface area is 146 Å². The van der Waals surface area contributed by atoms with E-state index in [0.717, 1.165) is 0 Å². The Bertz CT molecular complexity index is 885. The van der Waals surface area contributed by atoms with Gasteiger partial charge in [0.1, 0.15) is 16.4 Å². The molecule has 25 heavy (non-hydrogen) atoms. The predicted molar refractivity (Wildman–Crippen MR) is 91.5 cm³/mol. The highest BCUT2D eigenvalue weighted by atomic mass is 32.2. The predicted octanol–water partition coefficient (Wildman–Crippen LogP) is -0.547. The summed E-state index contributed by atoms with van der Waals surface area (Å²) >= 11 is 0. The van der Waals surface area contributed by atoms with Crippen molar-refractivity contribution >= 4 is 15.9 Å². The molecule has 1 amide bonds. The van der Waals surface area contributed by atoms with E-state index in [0.29, 0.717) is 31.2 Å². The van der Waals surface area contributed by atoms with Crippen molar-refractivity contribution in [2.24, 2.45) is 14.1 Å². The largest absolute Gasteiger partial charge is 0.354 e. The quantitative estimate of drug-likeness (QED) is 0.756. The number of carbonyl (C=O) groups excluding carboxylic acids is 1. The van der Waals surface area contributed by atoms with Crippen molar-refractivity contribution in [2.75, 3.05) is 26.7 Å². The fourth-order valence-corrected chi connectivity index (χ4v) is 4.71. The lowest BCUT2D eigenvalue weighted by Crippen LogP contribution is -2.49. The summed E-state index contributed by atoms with van der Waals surface area (Å²) < 4.78 is 31.2. The number of imidazole rings is 1. The molecule has 136 valence electrons. The van der Waals surface area contributed by atoms with Crippen LogP contribution in [0.2, 0.25) is 0 Å². The maximum atomic E-state index is 13.2. The SMILES string of the molecule is CNC(=O)c1cc(S(=O)(=O)N2CCNCC2c2nccn2C)cn1C. The monoisotopic (exact) mass is 366 g/mol. The molecular formula is C15H22N6O3S. The van der Waals surface area contributed by atoms with Crippen molar-refractivity contribution < 1.29 is 13.2 Å². The van der Waals surface area contributed by atoms with Gasteiger partial charge in [0.25, 0.3) is 5.91 Å². The molecule has 1 unspecified atom stereocenters. The van der Waals surface area contributed by atoms with Gasteiger partial charge in [-0.3, -0.25) is 4.79 Å². The van der Waals surface area contributed by atoms with Gasteiger partial charge < -0.3 is 19.8 Å². The van der Waals surface area contributed by atoms with Gasteiger partial charge in [-0.25, -0.2) is 13.4 Å². The highest BCUT2D eigenvalue weighted by Gasteiger charge is 2.37. The Hall–Kier alpha value is -2.17. The van der Waals surface area contributed by atoms with E-state index >= 15 is 0 Å². The molecule has 1 fully saturated rings. The molecule has 9 nitrogen and oxygen atoms in total. The van der Waals surface area contributed by atoms with E-state index < -0.39 is 16.1 Å². The minimum atomic E-state index is -3.76. The maximum absolute atomic E-state index is 13.2. The van der Waals surface area contributed by atoms with Gasteiger partial charge in [-0.15, -0.1) is 0 Å². The van der Waals surface area contributed by atoms with Crippen molar-refractivity contribution in [3.8, 4) is 0 Å². The minimum absolute atomic E-state index is 0.106. The molecule has 0 radical (unpaired) electrons. The van der Waals surface area contributed by atoms with E-state index in [1.807, 2.05) is 11.6 Å². The lowest BCUT2D eigenvalue weighted by atomic mass is 10.2. The zero-order valence-electron chi connectivity index (χ0n) is 14.4. The lowest BCUT2D eigenvalue weighted by Gasteiger charge is -2.34. The van der Waals surface area contributed by atoms with Crippen molar-refractivity contribution in [1.82, 2.24) is 29.1 Å². The molecule has 1 aliphatic heterocycles. The molecule has 2 aromatic heterocycles. The molecular weight excluding hydrogens is 344 g/mol. The molecule has 0 aliphatic carbocycles. The van der Waals surface area contributed by atoms with Gasteiger partial charge in [0, 0.05) is 59.4 Å². The molecule has 10 heteroatoms. The van der Waals surface area contributed by atoms with Crippen molar-refractivity contribution in [3.05, 3.63) is 36.2 Å². The van der Waals surface area contributed by atoms with Crippen LogP contribution in [0.15, 0.2) is 29.6 Å². The van der Waals surface area contributed by atoms with Crippen LogP contribution in [0.3, 0.4) is 0 Å². The fourth-order valence-electron chi connectivity index (χ4n) is 3.06. The smallest absolute Gasteiger partial charge is 0.267 e. The number of carbonyl (C=O) groups is 1. The third-order valence-corrected chi connectivity index (χ3v) is 6.27. The van der Waals surface area contributed by atoms with Gasteiger partial charge in [-0.1, -0.05) is 0 Å². The zero-order chi connectivity index (χ0) is 18.2. The molecule has 1 saturated heterocycles. The molecule has 3 rings (SSSR count). The number of aromatic nitrogens is 3. The van der Waals surface area contributed by atoms with Gasteiger partial charge >= 0.3 is 0 Å². The molecule has 1 atom stereocenters. The number of hydrogen-bond donors (Lipinski definition) is 2. The summed E-state index contributed by atoms with van der Waals surface area (Å²) in [5.41, 5.74) is 0.296. The Kier molecular flexibility index (Phi) is 4.67. The normalized spacial score (nSPS) is 19.1. The number of rotatable bonds is 4. The minimum Gasteiger partial charge on any atom is -0.354 e. The van der Waals surface area contributed by atoms with E-state index in [9.17, 15) is 13.2 Å². The summed E-state index contributed by atoms with van der Waals surface area (Å²) in [6.07, 6.45) is 4.92. The molecule has 0 bridgehead atoms. The standard InChI is InChI=1S/C15H22N6O3S/c1-16-15(22)12-8-11(10-20(12)3)25(23,24)21-7-4-17-9-13(21)14-18-5-6-19(14)2/h5-6,8,10,13,17H,4,7,9H2,1-3H3,(H,16,22). The molecule has 0 aromatic carbocycles. The van der Waals surface area contributed by atoms with Gasteiger partial charge in [0.2, 0.25) is 10.0 Å². The Balaban J connectivity index is 2.00. The number of nitrogens with one attached hydrogen (secondary N) is 2. The zero-order valence-corrected chi connectivity index (χ0v) is 15.2. The number of amides is 1. The first-order chi connectivity index (χ1) is 11.9. The third kappa shape index (κ3) is 3.08. The van der Waals surface area contributed by atoms with Crippen molar-refractivity contribution in [2.45, 2.75) is 10.9 Å². The van der Waals surface area contributed by atoms with E-state index in [2.05, 4.69) is 15.6 Å². The van der Waals surface area contributed by atoms with Crippen LogP contribution in [0.25, 0.3) is 0 Å². The van der Waals surface area contributed by atoms with Gasteiger partial charge in [-0.2, -0.15) is 4.31 Å². The topological polar surface area (TPSA) is 101 Å². The molecule has 3 heterocycles. The fraction of sp³-hybridized carbons (Fsp3) is 0.467. The highest BCUT2D eigenvalue weighted by Crippen LogP contribution is 2.28. The molecule has 2 N–H and O–H groups in total. The van der Waals surface area contributed by atoms with Crippen LogP contribution in [0.1, 0.15) is 22.4 Å². The first-order valence-corrected chi connectivity index (χ1v) is 9.38. The second-order valence-electron chi connectivity index (χ2n) is 5.98. The van der Waals surface area contributed by atoms with Crippen LogP contribution in [0.4, 0.5) is 0 Å². The van der Waals surface area contributed by atoms with Gasteiger partial charge in [-0.05, 0) is 6.07 Å². The molecule has 2 aromatic rings. The number of aryl methyl sites for hydroxylation is 2. The molecule has 0 spiro atoms. The first-order valence-electron chi connectivity index (χ1n) is 7.94. The van der Waals surface area contributed by atoms with Crippen LogP contribution in [-0.4, -0.2) is 59.4 Å². The van der Waals surface area contributed by atoms with Crippen LogP contribution < -0.4 is 10.6 Å². The molecule has 0 saturated carbocycles. The van der Waals surface area contributed by atoms with Crippen LogP contribution in [-0.2, 0) is 24.1 Å². The highest BCUT2D eigenvalue weighted by molar-refractivity contribution is 7.89. The maximum Gasteiger partial charge on any atom is 0.267 e. The Morgan fingerprint density at radius 3 is 2.76 bits per heavy atom. The number of nitrogens with zero attached hydrogens (tertiary/aromatic N) is 4. The van der Waals surface area contributed by atoms with E-state index in [1.54, 1.807) is 19.4 Å². The average molecular weight is 366 g/mol. The summed E-state index contributed by atoms with van der Waals surface area (Å²) in [5, 5.41) is 5.73. The summed E-state index contributed by atoms with van der Waals surface area (Å²) in [7, 11) is 1.24. The van der Waals surface area contributed by atoms with E-state index in [4.69, 9.17) is 0 Å². The number of piperazine rings is 1. The van der Waals surface area contributed by atoms with E-state index in [1.165, 1.54) is 28.2 Å². The Morgan fingerprint density at radius 1 is 1.36 bits per heavy atom. The van der Waals surface area contributed by atoms with Crippen LogP contribution in [0, 0.1) is 0 Å². The Morgan fingerprint density at radius 2 is 2.12 bits per heavy atom.